The number of furan rings is 1. The Morgan fingerprint density at radius 2 is 1.48 bits per heavy atom. The molecular formula is C25H19N3O5. The van der Waals surface area contributed by atoms with Crippen LogP contribution in [0.4, 0.5) is 17.1 Å². The van der Waals surface area contributed by atoms with E-state index >= 15 is 0 Å². The van der Waals surface area contributed by atoms with Crippen LogP contribution in [-0.4, -0.2) is 16.7 Å². The number of amides is 2. The van der Waals surface area contributed by atoms with Gasteiger partial charge in [0.25, 0.3) is 17.5 Å². The molecule has 0 unspecified atom stereocenters. The van der Waals surface area contributed by atoms with Crippen molar-refractivity contribution in [3.63, 3.8) is 0 Å². The van der Waals surface area contributed by atoms with Gasteiger partial charge >= 0.3 is 0 Å². The first-order valence-electron chi connectivity index (χ1n) is 10.0. The summed E-state index contributed by atoms with van der Waals surface area (Å²) in [4.78, 5) is 35.5. The molecule has 0 fully saturated rings. The Bertz CT molecular complexity index is 1340. The molecule has 2 amide bonds. The molecule has 0 saturated carbocycles. The Labute approximate surface area is 189 Å². The van der Waals surface area contributed by atoms with E-state index in [2.05, 4.69) is 10.6 Å². The van der Waals surface area contributed by atoms with Crippen LogP contribution in [0.25, 0.3) is 11.3 Å². The van der Waals surface area contributed by atoms with Crippen LogP contribution in [0.3, 0.4) is 0 Å². The van der Waals surface area contributed by atoms with Gasteiger partial charge in [0, 0.05) is 34.6 Å². The molecule has 8 heteroatoms. The van der Waals surface area contributed by atoms with Gasteiger partial charge < -0.3 is 15.1 Å². The number of nitro groups is 1. The number of aryl methyl sites for hydroxylation is 1. The van der Waals surface area contributed by atoms with E-state index in [9.17, 15) is 19.7 Å². The highest BCUT2D eigenvalue weighted by molar-refractivity contribution is 6.06. The van der Waals surface area contributed by atoms with E-state index in [-0.39, 0.29) is 17.4 Å². The third kappa shape index (κ3) is 4.96. The fraction of sp³-hybridized carbons (Fsp3) is 0.0400. The van der Waals surface area contributed by atoms with Gasteiger partial charge in [0.2, 0.25) is 0 Å². The summed E-state index contributed by atoms with van der Waals surface area (Å²) in [6.45, 7) is 1.86. The van der Waals surface area contributed by atoms with Gasteiger partial charge in [0.1, 0.15) is 5.76 Å². The van der Waals surface area contributed by atoms with E-state index in [1.165, 1.54) is 18.2 Å². The summed E-state index contributed by atoms with van der Waals surface area (Å²) in [5, 5.41) is 16.4. The normalized spacial score (nSPS) is 10.5. The average molecular weight is 441 g/mol. The molecule has 4 rings (SSSR count). The van der Waals surface area contributed by atoms with Gasteiger partial charge in [-0.15, -0.1) is 0 Å². The molecule has 4 aromatic rings. The van der Waals surface area contributed by atoms with Crippen molar-refractivity contribution in [2.24, 2.45) is 0 Å². The van der Waals surface area contributed by atoms with E-state index in [1.54, 1.807) is 54.6 Å². The number of non-ortho nitro benzene ring substituents is 1. The van der Waals surface area contributed by atoms with Crippen LogP contribution in [0.1, 0.15) is 26.5 Å². The maximum absolute atomic E-state index is 12.6. The summed E-state index contributed by atoms with van der Waals surface area (Å²) in [6, 6.07) is 23.0. The van der Waals surface area contributed by atoms with Gasteiger partial charge in [-0.05, 0) is 61.0 Å². The van der Waals surface area contributed by atoms with Crippen LogP contribution < -0.4 is 10.6 Å². The molecule has 8 nitrogen and oxygen atoms in total. The predicted molar refractivity (Wildman–Crippen MR) is 124 cm³/mol. The van der Waals surface area contributed by atoms with Crippen LogP contribution >= 0.6 is 0 Å². The largest absolute Gasteiger partial charge is 0.451 e. The number of nitrogens with zero attached hydrogens (tertiary/aromatic N) is 1. The molecular weight excluding hydrogens is 422 g/mol. The van der Waals surface area contributed by atoms with Crippen molar-refractivity contribution < 1.29 is 18.9 Å². The number of hydrogen-bond acceptors (Lipinski definition) is 5. The zero-order valence-electron chi connectivity index (χ0n) is 17.6. The van der Waals surface area contributed by atoms with Gasteiger partial charge in [-0.1, -0.05) is 24.3 Å². The molecule has 0 aliphatic rings. The molecule has 3 aromatic carbocycles. The first-order valence-corrected chi connectivity index (χ1v) is 10.0. The highest BCUT2D eigenvalue weighted by Crippen LogP contribution is 2.25. The summed E-state index contributed by atoms with van der Waals surface area (Å²) in [5.74, 6) is -0.215. The van der Waals surface area contributed by atoms with E-state index in [0.29, 0.717) is 28.3 Å². The Morgan fingerprint density at radius 1 is 0.818 bits per heavy atom. The number of benzene rings is 3. The second-order valence-electron chi connectivity index (χ2n) is 7.27. The number of nitrogens with one attached hydrogen (secondary N) is 2. The van der Waals surface area contributed by atoms with Crippen LogP contribution in [0.5, 0.6) is 0 Å². The Hall–Kier alpha value is -4.72. The SMILES string of the molecule is Cc1ccccc1C(=O)Nc1cccc(NC(=O)c2ccc(-c3ccc([N+](=O)[O-])cc3)o2)c1. The van der Waals surface area contributed by atoms with Crippen molar-refractivity contribution >= 4 is 28.9 Å². The van der Waals surface area contributed by atoms with Crippen molar-refractivity contribution in [2.45, 2.75) is 6.92 Å². The fourth-order valence-corrected chi connectivity index (χ4v) is 3.26. The van der Waals surface area contributed by atoms with E-state index in [0.717, 1.165) is 5.56 Å². The maximum Gasteiger partial charge on any atom is 0.291 e. The molecule has 0 radical (unpaired) electrons. The molecule has 33 heavy (non-hydrogen) atoms. The standard InChI is InChI=1S/C25H19N3O5/c1-16-5-2-3-8-21(16)24(29)26-18-6-4-7-19(15-18)27-25(30)23-14-13-22(33-23)17-9-11-20(12-10-17)28(31)32/h2-15H,1H3,(H,26,29)(H,27,30). The van der Waals surface area contributed by atoms with Gasteiger partial charge in [-0.3, -0.25) is 19.7 Å². The molecule has 0 bridgehead atoms. The third-order valence-electron chi connectivity index (χ3n) is 4.96. The lowest BCUT2D eigenvalue weighted by atomic mass is 10.1. The maximum atomic E-state index is 12.6. The lowest BCUT2D eigenvalue weighted by Crippen LogP contribution is -2.14. The molecule has 1 heterocycles. The van der Waals surface area contributed by atoms with E-state index < -0.39 is 10.8 Å². The van der Waals surface area contributed by atoms with E-state index in [4.69, 9.17) is 4.42 Å². The average Bonchev–Trinajstić information content (AvgIpc) is 3.30. The molecule has 0 aliphatic carbocycles. The Kier molecular flexibility index (Phi) is 5.99. The molecule has 0 atom stereocenters. The minimum Gasteiger partial charge on any atom is -0.451 e. The molecule has 0 saturated heterocycles. The summed E-state index contributed by atoms with van der Waals surface area (Å²) >= 11 is 0. The zero-order valence-corrected chi connectivity index (χ0v) is 17.6. The summed E-state index contributed by atoms with van der Waals surface area (Å²) in [7, 11) is 0. The molecule has 0 spiro atoms. The van der Waals surface area contributed by atoms with Gasteiger partial charge in [-0.25, -0.2) is 0 Å². The smallest absolute Gasteiger partial charge is 0.291 e. The van der Waals surface area contributed by atoms with Crippen molar-refractivity contribution in [1.82, 2.24) is 0 Å². The Balaban J connectivity index is 1.44. The zero-order chi connectivity index (χ0) is 23.4. The lowest BCUT2D eigenvalue weighted by Gasteiger charge is -2.09. The quantitative estimate of drug-likeness (QED) is 0.296. The highest BCUT2D eigenvalue weighted by atomic mass is 16.6. The summed E-state index contributed by atoms with van der Waals surface area (Å²) < 4.78 is 5.62. The van der Waals surface area contributed by atoms with Crippen molar-refractivity contribution in [2.75, 3.05) is 10.6 Å². The van der Waals surface area contributed by atoms with Crippen LogP contribution in [-0.2, 0) is 0 Å². The van der Waals surface area contributed by atoms with Crippen molar-refractivity contribution in [3.05, 3.63) is 112 Å². The fourth-order valence-electron chi connectivity index (χ4n) is 3.26. The van der Waals surface area contributed by atoms with Crippen LogP contribution in [0.15, 0.2) is 89.3 Å². The number of nitro benzene ring substituents is 1. The minimum absolute atomic E-state index is 0.0299. The number of anilines is 2. The monoisotopic (exact) mass is 441 g/mol. The molecule has 1 aromatic heterocycles. The molecule has 0 aliphatic heterocycles. The topological polar surface area (TPSA) is 114 Å². The van der Waals surface area contributed by atoms with Gasteiger partial charge in [0.05, 0.1) is 4.92 Å². The Morgan fingerprint density at radius 3 is 2.15 bits per heavy atom. The minimum atomic E-state index is -0.484. The van der Waals surface area contributed by atoms with Crippen LogP contribution in [0, 0.1) is 17.0 Å². The number of hydrogen-bond donors (Lipinski definition) is 2. The second-order valence-corrected chi connectivity index (χ2v) is 7.27. The molecule has 2 N–H and O–H groups in total. The number of carbonyl (C=O) groups is 2. The van der Waals surface area contributed by atoms with E-state index in [1.807, 2.05) is 19.1 Å². The van der Waals surface area contributed by atoms with Crippen molar-refractivity contribution in [3.8, 4) is 11.3 Å². The van der Waals surface area contributed by atoms with Gasteiger partial charge in [0.15, 0.2) is 5.76 Å². The second kappa shape index (κ2) is 9.19. The summed E-state index contributed by atoms with van der Waals surface area (Å²) in [5.41, 5.74) is 3.03. The first kappa shape index (κ1) is 21.5. The third-order valence-corrected chi connectivity index (χ3v) is 4.96. The number of rotatable bonds is 6. The predicted octanol–water partition coefficient (Wildman–Crippen LogP) is 5.67. The van der Waals surface area contributed by atoms with Gasteiger partial charge in [-0.2, -0.15) is 0 Å². The molecule has 164 valence electrons. The van der Waals surface area contributed by atoms with Crippen molar-refractivity contribution in [1.29, 1.82) is 0 Å². The lowest BCUT2D eigenvalue weighted by molar-refractivity contribution is -0.384. The van der Waals surface area contributed by atoms with Crippen LogP contribution in [0.2, 0.25) is 0 Å². The highest BCUT2D eigenvalue weighted by Gasteiger charge is 2.14. The first-order chi connectivity index (χ1) is 15.9. The summed E-state index contributed by atoms with van der Waals surface area (Å²) in [6.07, 6.45) is 0. The number of carbonyl (C=O) groups excluding carboxylic acids is 2.